The van der Waals surface area contributed by atoms with Gasteiger partial charge in [0.25, 0.3) is 0 Å². The Labute approximate surface area is 133 Å². The molecule has 0 aromatic carbocycles. The average Bonchev–Trinajstić information content (AvgIpc) is 2.49. The molecule has 0 saturated heterocycles. The fraction of sp³-hybridized carbons (Fsp3) is 0.947. The summed E-state index contributed by atoms with van der Waals surface area (Å²) in [4.78, 5) is 12.4. The Kier molecular flexibility index (Phi) is 12.8. The highest BCUT2D eigenvalue weighted by Gasteiger charge is 2.33. The first-order valence-electron chi connectivity index (χ1n) is 9.28. The van der Waals surface area contributed by atoms with Crippen LogP contribution in [0.15, 0.2) is 0 Å². The molecule has 2 heteroatoms. The first-order chi connectivity index (χ1) is 10.1. The molecule has 0 radical (unpaired) electrons. The Morgan fingerprint density at radius 3 is 1.86 bits per heavy atom. The molecule has 0 aliphatic carbocycles. The lowest BCUT2D eigenvalue weighted by atomic mass is 9.80. The highest BCUT2D eigenvalue weighted by atomic mass is 16.5. The molecule has 0 aliphatic heterocycles. The molecular formula is C19H38O2. The zero-order chi connectivity index (χ0) is 16.0. The van der Waals surface area contributed by atoms with E-state index in [9.17, 15) is 4.79 Å². The summed E-state index contributed by atoms with van der Waals surface area (Å²) >= 11 is 0. The molecule has 0 aromatic heterocycles. The molecule has 1 unspecified atom stereocenters. The average molecular weight is 299 g/mol. The van der Waals surface area contributed by atoms with E-state index in [2.05, 4.69) is 27.7 Å². The first kappa shape index (κ1) is 20.5. The second kappa shape index (κ2) is 13.2. The van der Waals surface area contributed by atoms with Crippen LogP contribution in [0.4, 0.5) is 0 Å². The normalized spacial score (nSPS) is 13.9. The molecule has 0 amide bonds. The van der Waals surface area contributed by atoms with Gasteiger partial charge in [-0.15, -0.1) is 0 Å². The summed E-state index contributed by atoms with van der Waals surface area (Å²) in [7, 11) is 0. The Morgan fingerprint density at radius 2 is 1.29 bits per heavy atom. The van der Waals surface area contributed by atoms with Crippen molar-refractivity contribution in [3.05, 3.63) is 0 Å². The summed E-state index contributed by atoms with van der Waals surface area (Å²) < 4.78 is 5.57. The topological polar surface area (TPSA) is 26.3 Å². The second-order valence-corrected chi connectivity index (χ2v) is 6.67. The van der Waals surface area contributed by atoms with Crippen molar-refractivity contribution in [2.45, 2.75) is 105 Å². The first-order valence-corrected chi connectivity index (χ1v) is 9.28. The third-order valence-electron chi connectivity index (χ3n) is 4.39. The zero-order valence-corrected chi connectivity index (χ0v) is 15.0. The molecule has 0 bridgehead atoms. The summed E-state index contributed by atoms with van der Waals surface area (Å²) in [5, 5.41) is 0. The molecule has 1 atom stereocenters. The van der Waals surface area contributed by atoms with Gasteiger partial charge in [0.15, 0.2) is 0 Å². The number of rotatable bonds is 14. The van der Waals surface area contributed by atoms with Crippen molar-refractivity contribution in [2.24, 2.45) is 5.41 Å². The molecule has 2 nitrogen and oxygen atoms in total. The third-order valence-corrected chi connectivity index (χ3v) is 4.39. The standard InChI is InChI=1S/C19H38O2/c1-5-8-11-13-16-19(4,15-10-7-3)18(20)21-17-14-12-9-6-2/h5-17H2,1-4H3. The van der Waals surface area contributed by atoms with Crippen molar-refractivity contribution in [3.63, 3.8) is 0 Å². The fourth-order valence-electron chi connectivity index (χ4n) is 2.71. The largest absolute Gasteiger partial charge is 0.465 e. The molecule has 0 aromatic rings. The van der Waals surface area contributed by atoms with Crippen LogP contribution in [-0.4, -0.2) is 12.6 Å². The lowest BCUT2D eigenvalue weighted by Crippen LogP contribution is -2.30. The van der Waals surface area contributed by atoms with Crippen LogP contribution in [0.5, 0.6) is 0 Å². The predicted molar refractivity (Wildman–Crippen MR) is 91.5 cm³/mol. The fourth-order valence-corrected chi connectivity index (χ4v) is 2.71. The molecule has 0 heterocycles. The van der Waals surface area contributed by atoms with Crippen LogP contribution in [0.3, 0.4) is 0 Å². The van der Waals surface area contributed by atoms with Gasteiger partial charge in [0.05, 0.1) is 12.0 Å². The van der Waals surface area contributed by atoms with E-state index in [-0.39, 0.29) is 11.4 Å². The quantitative estimate of drug-likeness (QED) is 0.279. The van der Waals surface area contributed by atoms with Crippen LogP contribution in [0.25, 0.3) is 0 Å². The summed E-state index contributed by atoms with van der Waals surface area (Å²) in [5.74, 6) is 0.0453. The number of hydrogen-bond donors (Lipinski definition) is 0. The van der Waals surface area contributed by atoms with E-state index >= 15 is 0 Å². The van der Waals surface area contributed by atoms with Gasteiger partial charge >= 0.3 is 5.97 Å². The van der Waals surface area contributed by atoms with Gasteiger partial charge in [0, 0.05) is 0 Å². The maximum atomic E-state index is 12.4. The Bertz CT molecular complexity index is 250. The van der Waals surface area contributed by atoms with Gasteiger partial charge in [0.2, 0.25) is 0 Å². The van der Waals surface area contributed by atoms with E-state index in [0.717, 1.165) is 38.5 Å². The number of carbonyl (C=O) groups is 1. The Morgan fingerprint density at radius 1 is 0.762 bits per heavy atom. The van der Waals surface area contributed by atoms with Gasteiger partial charge in [-0.2, -0.15) is 0 Å². The summed E-state index contributed by atoms with van der Waals surface area (Å²) in [6.45, 7) is 9.33. The lowest BCUT2D eigenvalue weighted by molar-refractivity contribution is -0.156. The van der Waals surface area contributed by atoms with Crippen LogP contribution in [0, 0.1) is 5.41 Å². The van der Waals surface area contributed by atoms with Gasteiger partial charge in [-0.05, 0) is 26.2 Å². The van der Waals surface area contributed by atoms with Crippen molar-refractivity contribution in [1.29, 1.82) is 0 Å². The van der Waals surface area contributed by atoms with E-state index in [1.54, 1.807) is 0 Å². The summed E-state index contributed by atoms with van der Waals surface area (Å²) in [6, 6.07) is 0. The molecule has 0 aliphatic rings. The second-order valence-electron chi connectivity index (χ2n) is 6.67. The number of carbonyl (C=O) groups excluding carboxylic acids is 1. The maximum absolute atomic E-state index is 12.4. The van der Waals surface area contributed by atoms with E-state index in [1.165, 1.54) is 38.5 Å². The lowest BCUT2D eigenvalue weighted by Gasteiger charge is -2.27. The van der Waals surface area contributed by atoms with E-state index in [1.807, 2.05) is 0 Å². The van der Waals surface area contributed by atoms with E-state index in [4.69, 9.17) is 4.74 Å². The molecular weight excluding hydrogens is 260 g/mol. The van der Waals surface area contributed by atoms with Gasteiger partial charge < -0.3 is 4.74 Å². The SMILES string of the molecule is CCCCCCOC(=O)C(C)(CCCC)CCCCCC. The van der Waals surface area contributed by atoms with Crippen molar-refractivity contribution >= 4 is 5.97 Å². The molecule has 126 valence electrons. The Balaban J connectivity index is 4.18. The van der Waals surface area contributed by atoms with Crippen LogP contribution < -0.4 is 0 Å². The van der Waals surface area contributed by atoms with Crippen LogP contribution >= 0.6 is 0 Å². The van der Waals surface area contributed by atoms with Gasteiger partial charge in [-0.1, -0.05) is 78.6 Å². The highest BCUT2D eigenvalue weighted by Crippen LogP contribution is 2.32. The molecule has 0 fully saturated rings. The monoisotopic (exact) mass is 298 g/mol. The van der Waals surface area contributed by atoms with Crippen molar-refractivity contribution in [3.8, 4) is 0 Å². The van der Waals surface area contributed by atoms with Gasteiger partial charge in [0.1, 0.15) is 0 Å². The van der Waals surface area contributed by atoms with E-state index < -0.39 is 0 Å². The van der Waals surface area contributed by atoms with Crippen molar-refractivity contribution < 1.29 is 9.53 Å². The van der Waals surface area contributed by atoms with Gasteiger partial charge in [-0.25, -0.2) is 0 Å². The number of unbranched alkanes of at least 4 members (excludes halogenated alkanes) is 7. The zero-order valence-electron chi connectivity index (χ0n) is 15.0. The van der Waals surface area contributed by atoms with Crippen LogP contribution in [0.1, 0.15) is 105 Å². The molecule has 0 N–H and O–H groups in total. The molecule has 0 rings (SSSR count). The molecule has 21 heavy (non-hydrogen) atoms. The predicted octanol–water partition coefficient (Wildman–Crippen LogP) is 6.28. The Hall–Kier alpha value is -0.530. The number of hydrogen-bond acceptors (Lipinski definition) is 2. The van der Waals surface area contributed by atoms with Crippen LogP contribution in [-0.2, 0) is 9.53 Å². The minimum Gasteiger partial charge on any atom is -0.465 e. The third kappa shape index (κ3) is 9.92. The maximum Gasteiger partial charge on any atom is 0.311 e. The summed E-state index contributed by atoms with van der Waals surface area (Å²) in [6.07, 6.45) is 13.8. The smallest absolute Gasteiger partial charge is 0.311 e. The highest BCUT2D eigenvalue weighted by molar-refractivity contribution is 5.76. The minimum atomic E-state index is -0.255. The number of ether oxygens (including phenoxy) is 1. The van der Waals surface area contributed by atoms with Gasteiger partial charge in [-0.3, -0.25) is 4.79 Å². The van der Waals surface area contributed by atoms with Crippen molar-refractivity contribution in [2.75, 3.05) is 6.61 Å². The van der Waals surface area contributed by atoms with E-state index in [0.29, 0.717) is 6.61 Å². The summed E-state index contributed by atoms with van der Waals surface area (Å²) in [5.41, 5.74) is -0.255. The number of esters is 1. The minimum absolute atomic E-state index is 0.0453. The molecule has 0 saturated carbocycles. The van der Waals surface area contributed by atoms with Crippen LogP contribution in [0.2, 0.25) is 0 Å². The molecule has 0 spiro atoms. The van der Waals surface area contributed by atoms with Crippen molar-refractivity contribution in [1.82, 2.24) is 0 Å².